The van der Waals surface area contributed by atoms with Gasteiger partial charge in [0.1, 0.15) is 0 Å². The van der Waals surface area contributed by atoms with Crippen LogP contribution in [0, 0.1) is 17.5 Å². The summed E-state index contributed by atoms with van der Waals surface area (Å²) < 4.78 is 39.4. The average Bonchev–Trinajstić information content (AvgIpc) is 2.26. The summed E-state index contributed by atoms with van der Waals surface area (Å²) in [6.07, 6.45) is 3.18. The highest BCUT2D eigenvalue weighted by atomic mass is 79.9. The van der Waals surface area contributed by atoms with E-state index >= 15 is 0 Å². The van der Waals surface area contributed by atoms with Gasteiger partial charge in [0.15, 0.2) is 17.5 Å². The van der Waals surface area contributed by atoms with Gasteiger partial charge in [0.2, 0.25) is 0 Å². The van der Waals surface area contributed by atoms with Crippen molar-refractivity contribution >= 4 is 27.7 Å². The van der Waals surface area contributed by atoms with Gasteiger partial charge in [0, 0.05) is 22.6 Å². The molecule has 1 N–H and O–H groups in total. The molecule has 1 aromatic carbocycles. The highest BCUT2D eigenvalue weighted by Crippen LogP contribution is 2.33. The molecule has 0 aliphatic carbocycles. The first kappa shape index (κ1) is 11.5. The molecular formula is C11H9BrF3N. The number of benzene rings is 1. The van der Waals surface area contributed by atoms with Crippen LogP contribution in [0.4, 0.5) is 18.9 Å². The molecule has 0 saturated carbocycles. The van der Waals surface area contributed by atoms with E-state index in [2.05, 4.69) is 21.2 Å². The zero-order valence-corrected chi connectivity index (χ0v) is 10.0. The smallest absolute Gasteiger partial charge is 0.195 e. The molecule has 1 aliphatic rings. The second-order valence-electron chi connectivity index (χ2n) is 3.96. The summed E-state index contributed by atoms with van der Waals surface area (Å²) in [4.78, 5) is 0. The summed E-state index contributed by atoms with van der Waals surface area (Å²) in [7, 11) is 0. The molecule has 2 rings (SSSR count). The van der Waals surface area contributed by atoms with Gasteiger partial charge >= 0.3 is 0 Å². The molecule has 1 heterocycles. The van der Waals surface area contributed by atoms with E-state index in [0.717, 1.165) is 6.07 Å². The van der Waals surface area contributed by atoms with Crippen LogP contribution < -0.4 is 5.32 Å². The first-order valence-electron chi connectivity index (χ1n) is 4.68. The third kappa shape index (κ3) is 1.73. The van der Waals surface area contributed by atoms with E-state index in [4.69, 9.17) is 0 Å². The maximum atomic E-state index is 13.4. The van der Waals surface area contributed by atoms with Gasteiger partial charge in [-0.05, 0) is 6.92 Å². The summed E-state index contributed by atoms with van der Waals surface area (Å²) >= 11 is 3.30. The Morgan fingerprint density at radius 2 is 2.00 bits per heavy atom. The minimum absolute atomic E-state index is 0.0531. The fourth-order valence-corrected chi connectivity index (χ4v) is 1.90. The Bertz CT molecular complexity index is 473. The topological polar surface area (TPSA) is 12.0 Å². The van der Waals surface area contributed by atoms with Crippen molar-refractivity contribution in [2.75, 3.05) is 10.6 Å². The molecule has 0 fully saturated rings. The van der Waals surface area contributed by atoms with E-state index in [9.17, 15) is 13.2 Å². The largest absolute Gasteiger partial charge is 0.375 e. The van der Waals surface area contributed by atoms with Gasteiger partial charge in [-0.25, -0.2) is 13.2 Å². The van der Waals surface area contributed by atoms with Crippen LogP contribution in [0.25, 0.3) is 6.08 Å². The Kier molecular flexibility index (Phi) is 2.74. The number of rotatable bonds is 1. The summed E-state index contributed by atoms with van der Waals surface area (Å²) in [5.74, 6) is -3.78. The van der Waals surface area contributed by atoms with Crippen LogP contribution in [0.1, 0.15) is 12.5 Å². The highest BCUT2D eigenvalue weighted by Gasteiger charge is 2.27. The molecule has 5 heteroatoms. The summed E-state index contributed by atoms with van der Waals surface area (Å²) in [5, 5.41) is 3.53. The average molecular weight is 292 g/mol. The summed E-state index contributed by atoms with van der Waals surface area (Å²) in [5.41, 5.74) is -0.109. The van der Waals surface area contributed by atoms with Crippen LogP contribution in [0.15, 0.2) is 12.1 Å². The van der Waals surface area contributed by atoms with Crippen LogP contribution in [-0.4, -0.2) is 10.9 Å². The van der Waals surface area contributed by atoms with Gasteiger partial charge in [0.25, 0.3) is 0 Å². The molecule has 86 valence electrons. The molecule has 1 aromatic rings. The van der Waals surface area contributed by atoms with Gasteiger partial charge in [-0.3, -0.25) is 0 Å². The number of nitrogens with one attached hydrogen (secondary N) is 1. The van der Waals surface area contributed by atoms with Crippen LogP contribution in [-0.2, 0) is 0 Å². The van der Waals surface area contributed by atoms with E-state index in [1.54, 1.807) is 6.08 Å². The SMILES string of the molecule is CC1(CBr)C=Cc2c(cc(F)c(F)c2F)N1. The Labute approximate surface area is 99.5 Å². The van der Waals surface area contributed by atoms with E-state index in [1.165, 1.54) is 6.08 Å². The Morgan fingerprint density at radius 1 is 1.31 bits per heavy atom. The lowest BCUT2D eigenvalue weighted by molar-refractivity contribution is 0.446. The Balaban J connectivity index is 2.56. The zero-order valence-electron chi connectivity index (χ0n) is 8.45. The molecule has 1 atom stereocenters. The standard InChI is InChI=1S/C11H9BrF3N/c1-11(5-12)3-2-6-8(16-11)4-7(13)10(15)9(6)14/h2-4,16H,5H2,1H3. The van der Waals surface area contributed by atoms with Crippen LogP contribution in [0.5, 0.6) is 0 Å². The van der Waals surface area contributed by atoms with Crippen molar-refractivity contribution in [3.8, 4) is 0 Å². The molecule has 1 aliphatic heterocycles. The van der Waals surface area contributed by atoms with E-state index < -0.39 is 23.0 Å². The lowest BCUT2D eigenvalue weighted by Crippen LogP contribution is -2.36. The van der Waals surface area contributed by atoms with Crippen molar-refractivity contribution in [2.24, 2.45) is 0 Å². The predicted octanol–water partition coefficient (Wildman–Crippen LogP) is 3.70. The lowest BCUT2D eigenvalue weighted by Gasteiger charge is -2.31. The summed E-state index contributed by atoms with van der Waals surface area (Å²) in [6.45, 7) is 1.86. The normalized spacial score (nSPS) is 22.8. The fraction of sp³-hybridized carbons (Fsp3) is 0.273. The maximum Gasteiger partial charge on any atom is 0.195 e. The second kappa shape index (κ2) is 3.80. The second-order valence-corrected chi connectivity index (χ2v) is 4.52. The number of anilines is 1. The van der Waals surface area contributed by atoms with Crippen molar-refractivity contribution in [1.29, 1.82) is 0 Å². The minimum atomic E-state index is -1.44. The Morgan fingerprint density at radius 3 is 2.62 bits per heavy atom. The van der Waals surface area contributed by atoms with Crippen LogP contribution in [0.3, 0.4) is 0 Å². The number of halogens is 4. The van der Waals surface area contributed by atoms with Gasteiger partial charge in [-0.2, -0.15) is 0 Å². The van der Waals surface area contributed by atoms with Crippen molar-refractivity contribution in [3.63, 3.8) is 0 Å². The molecular weight excluding hydrogens is 283 g/mol. The van der Waals surface area contributed by atoms with E-state index in [1.807, 2.05) is 6.92 Å². The zero-order chi connectivity index (χ0) is 11.9. The van der Waals surface area contributed by atoms with Crippen molar-refractivity contribution < 1.29 is 13.2 Å². The van der Waals surface area contributed by atoms with Gasteiger partial charge in [-0.15, -0.1) is 0 Å². The lowest BCUT2D eigenvalue weighted by atomic mass is 9.96. The van der Waals surface area contributed by atoms with E-state index in [-0.39, 0.29) is 11.3 Å². The first-order chi connectivity index (χ1) is 7.47. The third-order valence-electron chi connectivity index (χ3n) is 2.52. The number of fused-ring (bicyclic) bond motifs is 1. The molecule has 0 bridgehead atoms. The van der Waals surface area contributed by atoms with Gasteiger partial charge in [0.05, 0.1) is 5.54 Å². The molecule has 0 saturated heterocycles. The number of hydrogen-bond donors (Lipinski definition) is 1. The summed E-state index contributed by atoms with van der Waals surface area (Å²) in [6, 6.07) is 0.970. The number of hydrogen-bond acceptors (Lipinski definition) is 1. The van der Waals surface area contributed by atoms with E-state index in [0.29, 0.717) is 5.33 Å². The highest BCUT2D eigenvalue weighted by molar-refractivity contribution is 9.09. The molecule has 0 aromatic heterocycles. The Hall–Kier alpha value is -0.970. The minimum Gasteiger partial charge on any atom is -0.375 e. The quantitative estimate of drug-likeness (QED) is 0.615. The monoisotopic (exact) mass is 291 g/mol. The molecule has 1 unspecified atom stereocenters. The predicted molar refractivity (Wildman–Crippen MR) is 61.2 cm³/mol. The number of alkyl halides is 1. The molecule has 0 spiro atoms. The molecule has 0 amide bonds. The molecule has 16 heavy (non-hydrogen) atoms. The molecule has 1 nitrogen and oxygen atoms in total. The van der Waals surface area contributed by atoms with Crippen LogP contribution >= 0.6 is 15.9 Å². The van der Waals surface area contributed by atoms with Gasteiger partial charge in [-0.1, -0.05) is 28.1 Å². The van der Waals surface area contributed by atoms with Gasteiger partial charge < -0.3 is 5.32 Å². The van der Waals surface area contributed by atoms with Crippen molar-refractivity contribution in [3.05, 3.63) is 35.2 Å². The molecule has 0 radical (unpaired) electrons. The van der Waals surface area contributed by atoms with Crippen molar-refractivity contribution in [1.82, 2.24) is 0 Å². The third-order valence-corrected chi connectivity index (χ3v) is 3.68. The maximum absolute atomic E-state index is 13.4. The van der Waals surface area contributed by atoms with Crippen molar-refractivity contribution in [2.45, 2.75) is 12.5 Å². The first-order valence-corrected chi connectivity index (χ1v) is 5.80. The fourth-order valence-electron chi connectivity index (χ4n) is 1.57. The van der Waals surface area contributed by atoms with Crippen LogP contribution in [0.2, 0.25) is 0 Å².